The Hall–Kier alpha value is -2.04. The molecule has 1 aromatic carbocycles. The third-order valence-corrected chi connectivity index (χ3v) is 2.81. The van der Waals surface area contributed by atoms with Gasteiger partial charge >= 0.3 is 5.97 Å². The molecule has 0 saturated heterocycles. The summed E-state index contributed by atoms with van der Waals surface area (Å²) in [7, 11) is 0. The lowest BCUT2D eigenvalue weighted by atomic mass is 10.1. The number of nitrogens with two attached hydrogens (primary N) is 1. The van der Waals surface area contributed by atoms with E-state index in [0.717, 1.165) is 5.56 Å². The summed E-state index contributed by atoms with van der Waals surface area (Å²) in [6.45, 7) is 6.12. The van der Waals surface area contributed by atoms with Crippen LogP contribution >= 0.6 is 0 Å². The van der Waals surface area contributed by atoms with Gasteiger partial charge in [-0.25, -0.2) is 0 Å². The van der Waals surface area contributed by atoms with Crippen LogP contribution in [0.2, 0.25) is 0 Å². The van der Waals surface area contributed by atoms with Crippen molar-refractivity contribution in [1.29, 1.82) is 0 Å². The highest BCUT2D eigenvalue weighted by Gasteiger charge is 2.18. The van der Waals surface area contributed by atoms with Gasteiger partial charge in [0, 0.05) is 17.8 Å². The monoisotopic (exact) mass is 264 g/mol. The molecule has 1 aromatic rings. The van der Waals surface area contributed by atoms with E-state index in [4.69, 9.17) is 10.5 Å². The molecular weight excluding hydrogens is 244 g/mol. The standard InChI is InChI=1S/C14H20N2O3/c1-4-16(9-13(17)19-5-2)14(18)11-6-7-12(15)10(3)8-11/h6-8H,4-5,9,15H2,1-3H3. The molecule has 0 aliphatic heterocycles. The molecule has 104 valence electrons. The quantitative estimate of drug-likeness (QED) is 0.647. The highest BCUT2D eigenvalue weighted by Crippen LogP contribution is 2.14. The molecule has 1 rings (SSSR count). The minimum atomic E-state index is -0.398. The van der Waals surface area contributed by atoms with Crippen LogP contribution in [-0.2, 0) is 9.53 Å². The molecule has 0 aromatic heterocycles. The van der Waals surface area contributed by atoms with Crippen LogP contribution in [0.5, 0.6) is 0 Å². The topological polar surface area (TPSA) is 72.6 Å². The number of esters is 1. The van der Waals surface area contributed by atoms with Gasteiger partial charge in [0.05, 0.1) is 6.61 Å². The minimum absolute atomic E-state index is 0.0351. The number of carbonyl (C=O) groups is 2. The highest BCUT2D eigenvalue weighted by molar-refractivity contribution is 5.96. The van der Waals surface area contributed by atoms with Gasteiger partial charge in [-0.15, -0.1) is 0 Å². The molecule has 0 fully saturated rings. The van der Waals surface area contributed by atoms with Crippen molar-refractivity contribution < 1.29 is 14.3 Å². The zero-order valence-electron chi connectivity index (χ0n) is 11.6. The largest absolute Gasteiger partial charge is 0.465 e. The fourth-order valence-corrected chi connectivity index (χ4v) is 1.68. The average Bonchev–Trinajstić information content (AvgIpc) is 2.38. The van der Waals surface area contributed by atoms with Gasteiger partial charge in [0.2, 0.25) is 0 Å². The summed E-state index contributed by atoms with van der Waals surface area (Å²) in [5, 5.41) is 0. The van der Waals surface area contributed by atoms with Crippen molar-refractivity contribution in [3.8, 4) is 0 Å². The number of nitrogens with zero attached hydrogens (tertiary/aromatic N) is 1. The summed E-state index contributed by atoms with van der Waals surface area (Å²) >= 11 is 0. The number of carbonyl (C=O) groups excluding carboxylic acids is 2. The predicted molar refractivity (Wildman–Crippen MR) is 73.8 cm³/mol. The number of hydrogen-bond donors (Lipinski definition) is 1. The molecule has 0 spiro atoms. The second-order valence-corrected chi connectivity index (χ2v) is 4.20. The van der Waals surface area contributed by atoms with Crippen molar-refractivity contribution in [3.05, 3.63) is 29.3 Å². The van der Waals surface area contributed by atoms with Gasteiger partial charge in [-0.05, 0) is 44.5 Å². The Morgan fingerprint density at radius 1 is 1.32 bits per heavy atom. The van der Waals surface area contributed by atoms with Gasteiger partial charge in [0.25, 0.3) is 5.91 Å². The molecule has 2 N–H and O–H groups in total. The Morgan fingerprint density at radius 3 is 2.53 bits per heavy atom. The molecule has 0 unspecified atom stereocenters. The van der Waals surface area contributed by atoms with E-state index in [2.05, 4.69) is 0 Å². The Bertz CT molecular complexity index is 472. The van der Waals surface area contributed by atoms with E-state index in [9.17, 15) is 9.59 Å². The van der Waals surface area contributed by atoms with Crippen LogP contribution in [0.3, 0.4) is 0 Å². The van der Waals surface area contributed by atoms with Crippen LogP contribution in [0.4, 0.5) is 5.69 Å². The van der Waals surface area contributed by atoms with Crippen molar-refractivity contribution in [2.24, 2.45) is 0 Å². The third kappa shape index (κ3) is 3.98. The Labute approximate surface area is 113 Å². The van der Waals surface area contributed by atoms with Crippen LogP contribution in [0.15, 0.2) is 18.2 Å². The molecule has 0 aliphatic rings. The molecule has 0 atom stereocenters. The molecule has 0 heterocycles. The first-order chi connectivity index (χ1) is 8.99. The number of amides is 1. The van der Waals surface area contributed by atoms with Gasteiger partial charge < -0.3 is 15.4 Å². The molecule has 0 saturated carbocycles. The first-order valence-corrected chi connectivity index (χ1v) is 6.30. The summed E-state index contributed by atoms with van der Waals surface area (Å²) in [5.74, 6) is -0.594. The first-order valence-electron chi connectivity index (χ1n) is 6.30. The van der Waals surface area contributed by atoms with Crippen molar-refractivity contribution in [2.45, 2.75) is 20.8 Å². The third-order valence-electron chi connectivity index (χ3n) is 2.81. The Morgan fingerprint density at radius 2 is 2.00 bits per heavy atom. The van der Waals surface area contributed by atoms with Crippen molar-refractivity contribution >= 4 is 17.6 Å². The highest BCUT2D eigenvalue weighted by atomic mass is 16.5. The maximum absolute atomic E-state index is 12.3. The van der Waals surface area contributed by atoms with Crippen molar-refractivity contribution in [1.82, 2.24) is 4.90 Å². The van der Waals surface area contributed by atoms with Crippen molar-refractivity contribution in [2.75, 3.05) is 25.4 Å². The Balaban J connectivity index is 2.83. The number of ether oxygens (including phenoxy) is 1. The normalized spacial score (nSPS) is 10.1. The second-order valence-electron chi connectivity index (χ2n) is 4.20. The first kappa shape index (κ1) is 15.0. The van der Waals surface area contributed by atoms with Gasteiger partial charge in [0.1, 0.15) is 6.54 Å². The van der Waals surface area contributed by atoms with E-state index < -0.39 is 5.97 Å². The van der Waals surface area contributed by atoms with Gasteiger partial charge in [-0.1, -0.05) is 0 Å². The number of rotatable bonds is 5. The SMILES string of the molecule is CCOC(=O)CN(CC)C(=O)c1ccc(N)c(C)c1. The molecule has 5 nitrogen and oxygen atoms in total. The lowest BCUT2D eigenvalue weighted by molar-refractivity contribution is -0.143. The molecule has 1 amide bonds. The summed E-state index contributed by atoms with van der Waals surface area (Å²) in [6.07, 6.45) is 0. The number of benzene rings is 1. The smallest absolute Gasteiger partial charge is 0.325 e. The van der Waals surface area contributed by atoms with E-state index in [1.807, 2.05) is 13.8 Å². The lowest BCUT2D eigenvalue weighted by Crippen LogP contribution is -2.36. The van der Waals surface area contributed by atoms with Crippen LogP contribution in [-0.4, -0.2) is 36.5 Å². The zero-order valence-corrected chi connectivity index (χ0v) is 11.6. The number of aryl methyl sites for hydroxylation is 1. The lowest BCUT2D eigenvalue weighted by Gasteiger charge is -2.20. The predicted octanol–water partition coefficient (Wildman–Crippen LogP) is 1.60. The van der Waals surface area contributed by atoms with Crippen molar-refractivity contribution in [3.63, 3.8) is 0 Å². The molecule has 0 radical (unpaired) electrons. The van der Waals surface area contributed by atoms with E-state index in [-0.39, 0.29) is 12.5 Å². The van der Waals surface area contributed by atoms with Gasteiger partial charge in [-0.2, -0.15) is 0 Å². The fourth-order valence-electron chi connectivity index (χ4n) is 1.68. The molecule has 5 heteroatoms. The van der Waals surface area contributed by atoms with Crippen LogP contribution in [0, 0.1) is 6.92 Å². The maximum Gasteiger partial charge on any atom is 0.325 e. The van der Waals surface area contributed by atoms with Crippen LogP contribution in [0.25, 0.3) is 0 Å². The molecular formula is C14H20N2O3. The second kappa shape index (κ2) is 6.78. The van der Waals surface area contributed by atoms with E-state index in [1.165, 1.54) is 4.90 Å². The number of likely N-dealkylation sites (N-methyl/N-ethyl adjacent to an activating group) is 1. The molecule has 0 bridgehead atoms. The Kier molecular flexibility index (Phi) is 5.36. The molecule has 19 heavy (non-hydrogen) atoms. The number of hydrogen-bond acceptors (Lipinski definition) is 4. The van der Waals surface area contributed by atoms with E-state index in [0.29, 0.717) is 24.4 Å². The summed E-state index contributed by atoms with van der Waals surface area (Å²) < 4.78 is 4.85. The zero-order chi connectivity index (χ0) is 14.4. The van der Waals surface area contributed by atoms with Crippen LogP contribution < -0.4 is 5.73 Å². The van der Waals surface area contributed by atoms with E-state index >= 15 is 0 Å². The van der Waals surface area contributed by atoms with Gasteiger partial charge in [0.15, 0.2) is 0 Å². The number of anilines is 1. The summed E-state index contributed by atoms with van der Waals surface area (Å²) in [5.41, 5.74) is 7.73. The summed E-state index contributed by atoms with van der Waals surface area (Å²) in [4.78, 5) is 25.1. The molecule has 0 aliphatic carbocycles. The summed E-state index contributed by atoms with van der Waals surface area (Å²) in [6, 6.07) is 5.09. The fraction of sp³-hybridized carbons (Fsp3) is 0.429. The van der Waals surface area contributed by atoms with Gasteiger partial charge in [-0.3, -0.25) is 9.59 Å². The average molecular weight is 264 g/mol. The van der Waals surface area contributed by atoms with E-state index in [1.54, 1.807) is 25.1 Å². The minimum Gasteiger partial charge on any atom is -0.465 e. The number of nitrogen functional groups attached to an aromatic ring is 1. The van der Waals surface area contributed by atoms with Crippen LogP contribution in [0.1, 0.15) is 29.8 Å². The maximum atomic E-state index is 12.3.